The van der Waals surface area contributed by atoms with E-state index >= 15 is 0 Å². The number of amides is 4. The third-order valence-corrected chi connectivity index (χ3v) is 5.87. The summed E-state index contributed by atoms with van der Waals surface area (Å²) in [6.07, 6.45) is 3.53. The van der Waals surface area contributed by atoms with Gasteiger partial charge in [-0.15, -0.1) is 0 Å². The molecular formula is C22H30N6O4. The molecule has 2 fully saturated rings. The molecule has 1 N–H and O–H groups in total. The summed E-state index contributed by atoms with van der Waals surface area (Å²) in [5.74, 6) is -0.262. The normalized spacial score (nSPS) is 19.2. The van der Waals surface area contributed by atoms with E-state index in [2.05, 4.69) is 22.2 Å². The van der Waals surface area contributed by atoms with Gasteiger partial charge in [0.15, 0.2) is 0 Å². The zero-order valence-electron chi connectivity index (χ0n) is 19.0. The van der Waals surface area contributed by atoms with Gasteiger partial charge in [0.05, 0.1) is 17.4 Å². The number of anilines is 1. The molecule has 4 amide bonds. The van der Waals surface area contributed by atoms with Crippen molar-refractivity contribution in [2.45, 2.75) is 45.8 Å². The Labute approximate surface area is 187 Å². The Kier molecular flexibility index (Phi) is 5.81. The molecule has 4 heterocycles. The summed E-state index contributed by atoms with van der Waals surface area (Å²) in [6.45, 7) is 10.8. The predicted octanol–water partition coefficient (Wildman–Crippen LogP) is 2.39. The molecule has 0 aliphatic carbocycles. The lowest BCUT2D eigenvalue weighted by Crippen LogP contribution is -2.50. The van der Waals surface area contributed by atoms with Gasteiger partial charge in [-0.1, -0.05) is 0 Å². The standard InChI is InChI=1S/C22H30N6O4/c1-15(25-9-11-26(12-10-25)21(31)32-22(2,3)4)16-5-8-28-17(13-16)18(14-23-28)27-7-6-19(29)24-20(27)30/h5,8,13-15H,6-7,9-12H2,1-4H3,(H,24,29,30). The highest BCUT2D eigenvalue weighted by Gasteiger charge is 2.29. The molecule has 172 valence electrons. The maximum Gasteiger partial charge on any atom is 0.410 e. The van der Waals surface area contributed by atoms with Gasteiger partial charge in [0.2, 0.25) is 5.91 Å². The monoisotopic (exact) mass is 442 g/mol. The molecule has 0 saturated carbocycles. The largest absolute Gasteiger partial charge is 0.444 e. The van der Waals surface area contributed by atoms with Gasteiger partial charge in [0.1, 0.15) is 5.60 Å². The van der Waals surface area contributed by atoms with Crippen LogP contribution in [0.3, 0.4) is 0 Å². The van der Waals surface area contributed by atoms with Crippen LogP contribution >= 0.6 is 0 Å². The zero-order chi connectivity index (χ0) is 23.0. The zero-order valence-corrected chi connectivity index (χ0v) is 19.0. The Morgan fingerprint density at radius 1 is 1.16 bits per heavy atom. The number of carbonyl (C=O) groups excluding carboxylic acids is 3. The summed E-state index contributed by atoms with van der Waals surface area (Å²) >= 11 is 0. The van der Waals surface area contributed by atoms with Crippen LogP contribution in [-0.4, -0.2) is 75.8 Å². The van der Waals surface area contributed by atoms with Gasteiger partial charge in [-0.2, -0.15) is 5.10 Å². The number of hydrogen-bond donors (Lipinski definition) is 1. The molecule has 2 aliphatic rings. The molecule has 2 saturated heterocycles. The topological polar surface area (TPSA) is 99.5 Å². The molecule has 1 unspecified atom stereocenters. The fourth-order valence-electron chi connectivity index (χ4n) is 4.08. The highest BCUT2D eigenvalue weighted by Crippen LogP contribution is 2.28. The van der Waals surface area contributed by atoms with Crippen LogP contribution in [0.2, 0.25) is 0 Å². The molecule has 2 aromatic heterocycles. The van der Waals surface area contributed by atoms with Crippen molar-refractivity contribution >= 4 is 29.2 Å². The minimum Gasteiger partial charge on any atom is -0.444 e. The number of imide groups is 1. The van der Waals surface area contributed by atoms with Gasteiger partial charge >= 0.3 is 12.1 Å². The van der Waals surface area contributed by atoms with Gasteiger partial charge in [0.25, 0.3) is 0 Å². The maximum absolute atomic E-state index is 12.3. The van der Waals surface area contributed by atoms with Crippen LogP contribution in [0.25, 0.3) is 5.52 Å². The molecular weight excluding hydrogens is 412 g/mol. The number of nitrogens with one attached hydrogen (secondary N) is 1. The molecule has 1 atom stereocenters. The van der Waals surface area contributed by atoms with Gasteiger partial charge in [0, 0.05) is 51.4 Å². The van der Waals surface area contributed by atoms with E-state index in [1.54, 1.807) is 20.5 Å². The summed E-state index contributed by atoms with van der Waals surface area (Å²) in [7, 11) is 0. The van der Waals surface area contributed by atoms with E-state index in [-0.39, 0.29) is 24.5 Å². The lowest BCUT2D eigenvalue weighted by Gasteiger charge is -2.38. The van der Waals surface area contributed by atoms with Crippen LogP contribution < -0.4 is 10.2 Å². The Morgan fingerprint density at radius 2 is 1.88 bits per heavy atom. The fraction of sp³-hybridized carbons (Fsp3) is 0.545. The fourth-order valence-corrected chi connectivity index (χ4v) is 4.08. The highest BCUT2D eigenvalue weighted by molar-refractivity contribution is 6.07. The van der Waals surface area contributed by atoms with Crippen LogP contribution in [0.5, 0.6) is 0 Å². The van der Waals surface area contributed by atoms with Gasteiger partial charge in [-0.05, 0) is 45.4 Å². The van der Waals surface area contributed by atoms with E-state index in [1.807, 2.05) is 39.1 Å². The van der Waals surface area contributed by atoms with Crippen molar-refractivity contribution < 1.29 is 19.1 Å². The Hall–Kier alpha value is -3.14. The minimum atomic E-state index is -0.502. The summed E-state index contributed by atoms with van der Waals surface area (Å²) < 4.78 is 7.22. The van der Waals surface area contributed by atoms with E-state index in [0.29, 0.717) is 25.3 Å². The van der Waals surface area contributed by atoms with Crippen molar-refractivity contribution in [1.82, 2.24) is 24.7 Å². The molecule has 0 spiro atoms. The second kappa shape index (κ2) is 8.42. The van der Waals surface area contributed by atoms with Crippen LogP contribution in [0, 0.1) is 0 Å². The molecule has 0 aromatic carbocycles. The average Bonchev–Trinajstić information content (AvgIpc) is 3.15. The quantitative estimate of drug-likeness (QED) is 0.784. The highest BCUT2D eigenvalue weighted by atomic mass is 16.6. The lowest BCUT2D eigenvalue weighted by atomic mass is 10.1. The third kappa shape index (κ3) is 4.55. The number of carbonyl (C=O) groups is 3. The van der Waals surface area contributed by atoms with E-state index in [1.165, 1.54) is 0 Å². The van der Waals surface area contributed by atoms with E-state index in [9.17, 15) is 14.4 Å². The second-order valence-electron chi connectivity index (χ2n) is 9.25. The number of fused-ring (bicyclic) bond motifs is 1. The van der Waals surface area contributed by atoms with Crippen molar-refractivity contribution in [3.8, 4) is 0 Å². The number of piperazine rings is 1. The molecule has 0 radical (unpaired) electrons. The summed E-state index contributed by atoms with van der Waals surface area (Å²) in [5.41, 5.74) is 2.09. The smallest absolute Gasteiger partial charge is 0.410 e. The first kappa shape index (κ1) is 22.1. The van der Waals surface area contributed by atoms with Crippen molar-refractivity contribution in [2.24, 2.45) is 0 Å². The minimum absolute atomic E-state index is 0.125. The van der Waals surface area contributed by atoms with Crippen LogP contribution in [0.1, 0.15) is 45.7 Å². The molecule has 2 aromatic rings. The van der Waals surface area contributed by atoms with Crippen molar-refractivity contribution in [1.29, 1.82) is 0 Å². The first-order valence-corrected chi connectivity index (χ1v) is 10.9. The van der Waals surface area contributed by atoms with E-state index in [4.69, 9.17) is 4.74 Å². The van der Waals surface area contributed by atoms with E-state index < -0.39 is 11.6 Å². The Morgan fingerprint density at radius 3 is 2.53 bits per heavy atom. The van der Waals surface area contributed by atoms with Gasteiger partial charge in [-0.25, -0.2) is 14.1 Å². The Bertz CT molecular complexity index is 1030. The van der Waals surface area contributed by atoms with Crippen molar-refractivity contribution in [3.63, 3.8) is 0 Å². The number of nitrogens with zero attached hydrogens (tertiary/aromatic N) is 5. The van der Waals surface area contributed by atoms with E-state index in [0.717, 1.165) is 24.2 Å². The Balaban J connectivity index is 1.47. The van der Waals surface area contributed by atoms with Gasteiger partial charge < -0.3 is 9.64 Å². The SMILES string of the molecule is CC(c1ccn2ncc(N3CCC(=O)NC3=O)c2c1)N1CCN(C(=O)OC(C)(C)C)CC1. The number of hydrogen-bond acceptors (Lipinski definition) is 6. The molecule has 0 bridgehead atoms. The van der Waals surface area contributed by atoms with Crippen LogP contribution in [0.4, 0.5) is 15.3 Å². The third-order valence-electron chi connectivity index (χ3n) is 5.87. The maximum atomic E-state index is 12.3. The second-order valence-corrected chi connectivity index (χ2v) is 9.25. The number of ether oxygens (including phenoxy) is 1. The average molecular weight is 443 g/mol. The van der Waals surface area contributed by atoms with Crippen LogP contribution in [0.15, 0.2) is 24.5 Å². The lowest BCUT2D eigenvalue weighted by molar-refractivity contribution is -0.120. The number of pyridine rings is 1. The van der Waals surface area contributed by atoms with Gasteiger partial charge in [-0.3, -0.25) is 19.9 Å². The summed E-state index contributed by atoms with van der Waals surface area (Å²) in [6, 6.07) is 3.76. The van der Waals surface area contributed by atoms with Crippen LogP contribution in [-0.2, 0) is 9.53 Å². The number of urea groups is 1. The number of rotatable bonds is 3. The summed E-state index contributed by atoms with van der Waals surface area (Å²) in [5, 5.41) is 6.72. The first-order chi connectivity index (χ1) is 15.1. The molecule has 4 rings (SSSR count). The predicted molar refractivity (Wildman–Crippen MR) is 118 cm³/mol. The first-order valence-electron chi connectivity index (χ1n) is 10.9. The van der Waals surface area contributed by atoms with Crippen molar-refractivity contribution in [3.05, 3.63) is 30.1 Å². The summed E-state index contributed by atoms with van der Waals surface area (Å²) in [4.78, 5) is 41.7. The molecule has 32 heavy (non-hydrogen) atoms. The molecule has 10 heteroatoms. The van der Waals surface area contributed by atoms with Crippen molar-refractivity contribution in [2.75, 3.05) is 37.6 Å². The molecule has 2 aliphatic heterocycles. The number of aromatic nitrogens is 2. The molecule has 10 nitrogen and oxygen atoms in total.